The summed E-state index contributed by atoms with van der Waals surface area (Å²) in [7, 11) is 0. The zero-order valence-corrected chi connectivity index (χ0v) is 24.6. The molecule has 3 aromatic rings. The molecule has 0 aromatic heterocycles. The molecular formula is C34H44N2O4. The van der Waals surface area contributed by atoms with Gasteiger partial charge in [0.2, 0.25) is 11.8 Å². The first-order chi connectivity index (χ1) is 19.3. The van der Waals surface area contributed by atoms with Crippen molar-refractivity contribution in [1.29, 1.82) is 0 Å². The van der Waals surface area contributed by atoms with Crippen LogP contribution in [0.15, 0.2) is 66.7 Å². The van der Waals surface area contributed by atoms with Gasteiger partial charge in [-0.3, -0.25) is 9.59 Å². The molecule has 0 saturated carbocycles. The van der Waals surface area contributed by atoms with Gasteiger partial charge in [-0.2, -0.15) is 0 Å². The molecule has 40 heavy (non-hydrogen) atoms. The molecule has 0 spiro atoms. The number of amides is 2. The van der Waals surface area contributed by atoms with E-state index in [-0.39, 0.29) is 23.7 Å². The van der Waals surface area contributed by atoms with Crippen molar-refractivity contribution in [2.75, 3.05) is 10.6 Å². The van der Waals surface area contributed by atoms with E-state index in [2.05, 4.69) is 31.4 Å². The lowest BCUT2D eigenvalue weighted by atomic mass is 10.0. The van der Waals surface area contributed by atoms with Crippen LogP contribution >= 0.6 is 0 Å². The van der Waals surface area contributed by atoms with Crippen LogP contribution in [-0.4, -0.2) is 11.8 Å². The molecule has 2 N–H and O–H groups in total. The highest BCUT2D eigenvalue weighted by Gasteiger charge is 2.14. The van der Waals surface area contributed by atoms with Crippen LogP contribution in [0.2, 0.25) is 0 Å². The molecule has 2 amide bonds. The van der Waals surface area contributed by atoms with Crippen LogP contribution in [0.5, 0.6) is 23.0 Å². The monoisotopic (exact) mass is 544 g/mol. The minimum absolute atomic E-state index is 0.0136. The van der Waals surface area contributed by atoms with E-state index in [0.717, 1.165) is 61.9 Å². The fourth-order valence-electron chi connectivity index (χ4n) is 4.25. The summed E-state index contributed by atoms with van der Waals surface area (Å²) in [5.74, 6) is 2.73. The molecule has 2 unspecified atom stereocenters. The number of unbranched alkanes of at least 4 members (excludes halogenated alkanes) is 2. The Bertz CT molecular complexity index is 1130. The van der Waals surface area contributed by atoms with Crippen molar-refractivity contribution in [1.82, 2.24) is 0 Å². The van der Waals surface area contributed by atoms with E-state index in [1.54, 1.807) is 0 Å². The standard InChI is InChI=1S/C34H44N2O4/c1-6-9-11-24(4)33(37)35-27-13-17-29(18-14-27)39-31-21-26(8-3)22-32(23-31)40-30-19-15-28(16-20-30)36-34(38)25(5)12-10-7-2/h13-25H,6-12H2,1-5H3,(H,35,37)(H,36,38). The average Bonchev–Trinajstić information content (AvgIpc) is 2.96. The fourth-order valence-corrected chi connectivity index (χ4v) is 4.25. The maximum atomic E-state index is 12.4. The summed E-state index contributed by atoms with van der Waals surface area (Å²) in [6.45, 7) is 10.3. The van der Waals surface area contributed by atoms with E-state index in [9.17, 15) is 9.59 Å². The third-order valence-corrected chi connectivity index (χ3v) is 6.94. The van der Waals surface area contributed by atoms with E-state index in [0.29, 0.717) is 23.0 Å². The van der Waals surface area contributed by atoms with Gasteiger partial charge < -0.3 is 20.1 Å². The number of aryl methyl sites for hydroxylation is 1. The van der Waals surface area contributed by atoms with Gasteiger partial charge in [0.1, 0.15) is 23.0 Å². The Morgan fingerprint density at radius 2 is 1.02 bits per heavy atom. The Labute approximate surface area is 239 Å². The molecule has 2 atom stereocenters. The predicted octanol–water partition coefficient (Wildman–Crippen LogP) is 9.36. The summed E-state index contributed by atoms with van der Waals surface area (Å²) in [5, 5.41) is 5.97. The van der Waals surface area contributed by atoms with E-state index in [4.69, 9.17) is 9.47 Å². The molecule has 0 aliphatic rings. The molecule has 0 fully saturated rings. The van der Waals surface area contributed by atoms with E-state index >= 15 is 0 Å². The Morgan fingerprint density at radius 1 is 0.625 bits per heavy atom. The van der Waals surface area contributed by atoms with Crippen molar-refractivity contribution >= 4 is 23.2 Å². The van der Waals surface area contributed by atoms with Crippen molar-refractivity contribution in [3.8, 4) is 23.0 Å². The highest BCUT2D eigenvalue weighted by Crippen LogP contribution is 2.32. The van der Waals surface area contributed by atoms with Crippen LogP contribution in [0.1, 0.15) is 78.7 Å². The highest BCUT2D eigenvalue weighted by molar-refractivity contribution is 5.92. The van der Waals surface area contributed by atoms with Gasteiger partial charge in [0.05, 0.1) is 0 Å². The molecule has 0 aliphatic carbocycles. The maximum absolute atomic E-state index is 12.4. The molecule has 6 heteroatoms. The number of benzene rings is 3. The first-order valence-corrected chi connectivity index (χ1v) is 14.6. The lowest BCUT2D eigenvalue weighted by molar-refractivity contribution is -0.120. The summed E-state index contributed by atoms with van der Waals surface area (Å²) in [6.07, 6.45) is 6.87. The summed E-state index contributed by atoms with van der Waals surface area (Å²) in [4.78, 5) is 24.8. The molecule has 0 saturated heterocycles. The highest BCUT2D eigenvalue weighted by atomic mass is 16.5. The van der Waals surface area contributed by atoms with Gasteiger partial charge in [-0.05, 0) is 85.5 Å². The van der Waals surface area contributed by atoms with Gasteiger partial charge in [-0.1, -0.05) is 60.3 Å². The van der Waals surface area contributed by atoms with Crippen LogP contribution in [0, 0.1) is 11.8 Å². The van der Waals surface area contributed by atoms with Gasteiger partial charge >= 0.3 is 0 Å². The number of carbonyl (C=O) groups is 2. The second-order valence-corrected chi connectivity index (χ2v) is 10.5. The summed E-state index contributed by atoms with van der Waals surface area (Å²) in [5.41, 5.74) is 2.59. The molecule has 3 aromatic carbocycles. The van der Waals surface area contributed by atoms with Gasteiger partial charge in [-0.25, -0.2) is 0 Å². The quantitative estimate of drug-likeness (QED) is 0.200. The first kappa shape index (κ1) is 30.7. The number of hydrogen-bond acceptors (Lipinski definition) is 4. The number of ether oxygens (including phenoxy) is 2. The third-order valence-electron chi connectivity index (χ3n) is 6.94. The Hall–Kier alpha value is -3.80. The number of nitrogens with one attached hydrogen (secondary N) is 2. The number of anilines is 2. The van der Waals surface area contributed by atoms with Crippen LogP contribution in [-0.2, 0) is 16.0 Å². The second kappa shape index (κ2) is 15.7. The van der Waals surface area contributed by atoms with Crippen molar-refractivity contribution in [3.05, 3.63) is 72.3 Å². The van der Waals surface area contributed by atoms with E-state index < -0.39 is 0 Å². The molecule has 0 radical (unpaired) electrons. The van der Waals surface area contributed by atoms with Crippen molar-refractivity contribution < 1.29 is 19.1 Å². The summed E-state index contributed by atoms with van der Waals surface area (Å²) >= 11 is 0. The van der Waals surface area contributed by atoms with E-state index in [1.807, 2.05) is 80.6 Å². The zero-order chi connectivity index (χ0) is 28.9. The van der Waals surface area contributed by atoms with Crippen LogP contribution in [0.25, 0.3) is 0 Å². The molecular weight excluding hydrogens is 500 g/mol. The average molecular weight is 545 g/mol. The number of hydrogen-bond donors (Lipinski definition) is 2. The summed E-state index contributed by atoms with van der Waals surface area (Å²) in [6, 6.07) is 20.7. The lowest BCUT2D eigenvalue weighted by Crippen LogP contribution is -2.20. The normalized spacial score (nSPS) is 12.3. The fraction of sp³-hybridized carbons (Fsp3) is 0.412. The molecule has 0 heterocycles. The molecule has 0 bridgehead atoms. The number of carbonyl (C=O) groups excluding carboxylic acids is 2. The van der Waals surface area contributed by atoms with Crippen molar-refractivity contribution in [3.63, 3.8) is 0 Å². The maximum Gasteiger partial charge on any atom is 0.227 e. The predicted molar refractivity (Wildman–Crippen MR) is 163 cm³/mol. The lowest BCUT2D eigenvalue weighted by Gasteiger charge is -2.14. The number of rotatable bonds is 15. The largest absolute Gasteiger partial charge is 0.457 e. The van der Waals surface area contributed by atoms with Gasteiger partial charge in [0, 0.05) is 29.3 Å². The van der Waals surface area contributed by atoms with Crippen LogP contribution < -0.4 is 20.1 Å². The zero-order valence-electron chi connectivity index (χ0n) is 24.6. The Kier molecular flexibility index (Phi) is 12.1. The van der Waals surface area contributed by atoms with E-state index in [1.165, 1.54) is 0 Å². The second-order valence-electron chi connectivity index (χ2n) is 10.5. The van der Waals surface area contributed by atoms with Crippen LogP contribution in [0.3, 0.4) is 0 Å². The topological polar surface area (TPSA) is 76.7 Å². The Balaban J connectivity index is 1.62. The molecule has 6 nitrogen and oxygen atoms in total. The van der Waals surface area contributed by atoms with Gasteiger partial charge in [-0.15, -0.1) is 0 Å². The minimum atomic E-state index is -0.0136. The van der Waals surface area contributed by atoms with Gasteiger partial charge in [0.15, 0.2) is 0 Å². The van der Waals surface area contributed by atoms with Crippen LogP contribution in [0.4, 0.5) is 11.4 Å². The van der Waals surface area contributed by atoms with Crippen molar-refractivity contribution in [2.45, 2.75) is 79.6 Å². The van der Waals surface area contributed by atoms with Gasteiger partial charge in [0.25, 0.3) is 0 Å². The molecule has 3 rings (SSSR count). The SMILES string of the molecule is CCCCC(C)C(=O)Nc1ccc(Oc2cc(CC)cc(Oc3ccc(NC(=O)C(C)CCCC)cc3)c2)cc1. The minimum Gasteiger partial charge on any atom is -0.457 e. The first-order valence-electron chi connectivity index (χ1n) is 14.6. The Morgan fingerprint density at radius 3 is 1.38 bits per heavy atom. The molecule has 214 valence electrons. The molecule has 0 aliphatic heterocycles. The smallest absolute Gasteiger partial charge is 0.227 e. The van der Waals surface area contributed by atoms with Crippen molar-refractivity contribution in [2.24, 2.45) is 11.8 Å². The third kappa shape index (κ3) is 9.74. The summed E-state index contributed by atoms with van der Waals surface area (Å²) < 4.78 is 12.3.